The van der Waals surface area contributed by atoms with Crippen LogP contribution in [0.25, 0.3) is 0 Å². The summed E-state index contributed by atoms with van der Waals surface area (Å²) in [7, 11) is -4.66. The van der Waals surface area contributed by atoms with E-state index in [9.17, 15) is 35.6 Å². The number of halogens is 5. The number of hydrogen-bond donors (Lipinski definition) is 1. The van der Waals surface area contributed by atoms with Crippen molar-refractivity contribution in [2.24, 2.45) is 0 Å². The van der Waals surface area contributed by atoms with Gasteiger partial charge in [-0.1, -0.05) is 78.3 Å². The van der Waals surface area contributed by atoms with Gasteiger partial charge in [0, 0.05) is 24.6 Å². The molecular formula is C34H32ClF4N3O4S. The first-order valence-electron chi connectivity index (χ1n) is 14.5. The zero-order valence-electron chi connectivity index (χ0n) is 25.4. The molecule has 4 rings (SSSR count). The molecule has 0 bridgehead atoms. The Balaban J connectivity index is 1.87. The van der Waals surface area contributed by atoms with Gasteiger partial charge in [0.25, 0.3) is 10.0 Å². The number of anilines is 1. The predicted molar refractivity (Wildman–Crippen MR) is 172 cm³/mol. The van der Waals surface area contributed by atoms with E-state index in [-0.39, 0.29) is 22.9 Å². The minimum Gasteiger partial charge on any atom is -0.352 e. The van der Waals surface area contributed by atoms with Gasteiger partial charge in [-0.25, -0.2) is 12.8 Å². The first-order chi connectivity index (χ1) is 22.2. The molecule has 0 spiro atoms. The second-order valence-electron chi connectivity index (χ2n) is 11.0. The molecule has 0 heterocycles. The molecule has 47 heavy (non-hydrogen) atoms. The van der Waals surface area contributed by atoms with E-state index in [2.05, 4.69) is 5.32 Å². The largest absolute Gasteiger partial charge is 0.417 e. The van der Waals surface area contributed by atoms with Crippen LogP contribution in [0.1, 0.15) is 30.5 Å². The molecule has 1 N–H and O–H groups in total. The summed E-state index contributed by atoms with van der Waals surface area (Å²) in [6, 6.07) is 22.1. The number of sulfonamides is 1. The Morgan fingerprint density at radius 2 is 1.47 bits per heavy atom. The predicted octanol–water partition coefficient (Wildman–Crippen LogP) is 6.86. The smallest absolute Gasteiger partial charge is 0.352 e. The number of amides is 2. The van der Waals surface area contributed by atoms with E-state index in [1.54, 1.807) is 56.3 Å². The van der Waals surface area contributed by atoms with Crippen molar-refractivity contribution in [3.8, 4) is 0 Å². The quantitative estimate of drug-likeness (QED) is 0.165. The van der Waals surface area contributed by atoms with Crippen LogP contribution in [0.4, 0.5) is 23.2 Å². The van der Waals surface area contributed by atoms with Crippen molar-refractivity contribution in [1.29, 1.82) is 0 Å². The third-order valence-corrected chi connectivity index (χ3v) is 9.27. The lowest BCUT2D eigenvalue weighted by Gasteiger charge is -2.34. The lowest BCUT2D eigenvalue weighted by atomic mass is 10.0. The third kappa shape index (κ3) is 8.89. The highest BCUT2D eigenvalue weighted by atomic mass is 35.5. The van der Waals surface area contributed by atoms with Crippen LogP contribution in [-0.2, 0) is 38.8 Å². The Bertz CT molecular complexity index is 1810. The number of alkyl halides is 3. The van der Waals surface area contributed by atoms with Crippen molar-refractivity contribution >= 4 is 39.1 Å². The Morgan fingerprint density at radius 3 is 2.06 bits per heavy atom. The first kappa shape index (κ1) is 35.4. The monoisotopic (exact) mass is 689 g/mol. The number of carbonyl (C=O) groups is 2. The van der Waals surface area contributed by atoms with Crippen LogP contribution >= 0.6 is 11.6 Å². The maximum atomic E-state index is 15.0. The van der Waals surface area contributed by atoms with E-state index in [4.69, 9.17) is 11.6 Å². The molecule has 4 aromatic rings. The van der Waals surface area contributed by atoms with Gasteiger partial charge in [-0.3, -0.25) is 13.9 Å². The van der Waals surface area contributed by atoms with Crippen molar-refractivity contribution in [1.82, 2.24) is 10.2 Å². The van der Waals surface area contributed by atoms with E-state index in [0.717, 1.165) is 17.0 Å². The molecule has 248 valence electrons. The van der Waals surface area contributed by atoms with Crippen molar-refractivity contribution < 1.29 is 35.6 Å². The average Bonchev–Trinajstić information content (AvgIpc) is 3.02. The van der Waals surface area contributed by atoms with Gasteiger partial charge in [0.05, 0.1) is 21.2 Å². The van der Waals surface area contributed by atoms with Crippen LogP contribution in [0, 0.1) is 5.82 Å². The van der Waals surface area contributed by atoms with Crippen LogP contribution in [0.15, 0.2) is 108 Å². The average molecular weight is 690 g/mol. The fourth-order valence-electron chi connectivity index (χ4n) is 4.88. The van der Waals surface area contributed by atoms with Crippen LogP contribution < -0.4 is 9.62 Å². The Kier molecular flexibility index (Phi) is 11.3. The molecule has 0 unspecified atom stereocenters. The van der Waals surface area contributed by atoms with Gasteiger partial charge in [0.1, 0.15) is 18.4 Å². The molecule has 0 fully saturated rings. The fraction of sp³-hybridized carbons (Fsp3) is 0.235. The van der Waals surface area contributed by atoms with Gasteiger partial charge in [-0.05, 0) is 55.8 Å². The molecule has 0 radical (unpaired) electrons. The summed E-state index contributed by atoms with van der Waals surface area (Å²) < 4.78 is 85.1. The molecular weight excluding hydrogens is 658 g/mol. The number of rotatable bonds is 12. The number of nitrogens with zero attached hydrogens (tertiary/aromatic N) is 2. The second kappa shape index (κ2) is 15.0. The Morgan fingerprint density at radius 1 is 0.872 bits per heavy atom. The molecule has 0 saturated heterocycles. The summed E-state index contributed by atoms with van der Waals surface area (Å²) in [5, 5.41) is 2.10. The van der Waals surface area contributed by atoms with E-state index in [0.29, 0.717) is 15.9 Å². The van der Waals surface area contributed by atoms with E-state index in [1.807, 2.05) is 0 Å². The van der Waals surface area contributed by atoms with Crippen LogP contribution in [0.2, 0.25) is 5.02 Å². The molecule has 7 nitrogen and oxygen atoms in total. The molecule has 0 aliphatic heterocycles. The maximum absolute atomic E-state index is 15.0. The van der Waals surface area contributed by atoms with E-state index < -0.39 is 69.2 Å². The first-order valence-corrected chi connectivity index (χ1v) is 16.3. The molecule has 0 saturated carbocycles. The third-order valence-electron chi connectivity index (χ3n) is 7.15. The number of benzene rings is 4. The Hall–Kier alpha value is -4.42. The summed E-state index contributed by atoms with van der Waals surface area (Å²) in [4.78, 5) is 28.8. The van der Waals surface area contributed by atoms with Crippen LogP contribution in [-0.4, -0.2) is 43.8 Å². The van der Waals surface area contributed by atoms with Crippen molar-refractivity contribution in [2.75, 3.05) is 10.8 Å². The van der Waals surface area contributed by atoms with E-state index >= 15 is 0 Å². The minimum atomic E-state index is -4.94. The fourth-order valence-corrected chi connectivity index (χ4v) is 6.53. The summed E-state index contributed by atoms with van der Waals surface area (Å²) >= 11 is 5.83. The zero-order valence-corrected chi connectivity index (χ0v) is 27.0. The lowest BCUT2D eigenvalue weighted by Crippen LogP contribution is -2.54. The van der Waals surface area contributed by atoms with Crippen LogP contribution in [0.5, 0.6) is 0 Å². The molecule has 0 aliphatic carbocycles. The highest BCUT2D eigenvalue weighted by Gasteiger charge is 2.38. The van der Waals surface area contributed by atoms with Gasteiger partial charge in [-0.15, -0.1) is 0 Å². The second-order valence-corrected chi connectivity index (χ2v) is 13.2. The molecule has 0 aromatic heterocycles. The van der Waals surface area contributed by atoms with Gasteiger partial charge >= 0.3 is 6.18 Å². The summed E-state index contributed by atoms with van der Waals surface area (Å²) in [5.74, 6) is -2.22. The van der Waals surface area contributed by atoms with Crippen molar-refractivity contribution in [3.05, 3.63) is 131 Å². The van der Waals surface area contributed by atoms with Crippen molar-refractivity contribution in [2.45, 2.75) is 50.0 Å². The molecule has 2 amide bonds. The number of carbonyl (C=O) groups excluding carboxylic acids is 2. The van der Waals surface area contributed by atoms with Gasteiger partial charge in [0.15, 0.2) is 0 Å². The highest BCUT2D eigenvalue weighted by Crippen LogP contribution is 2.38. The normalized spacial score (nSPS) is 12.4. The molecule has 13 heteroatoms. The SMILES string of the molecule is CC(C)NC(=O)[C@H](Cc1ccccc1)N(Cc1ccccc1F)C(=O)CN(c1ccc(Cl)c(C(F)(F)F)c1)S(=O)(=O)c1ccccc1. The number of nitrogens with one attached hydrogen (secondary N) is 1. The molecule has 0 aliphatic rings. The summed E-state index contributed by atoms with van der Waals surface area (Å²) in [5.41, 5.74) is -1.10. The maximum Gasteiger partial charge on any atom is 0.417 e. The van der Waals surface area contributed by atoms with Crippen molar-refractivity contribution in [3.63, 3.8) is 0 Å². The zero-order chi connectivity index (χ0) is 34.4. The molecule has 4 aromatic carbocycles. The van der Waals surface area contributed by atoms with Crippen LogP contribution in [0.3, 0.4) is 0 Å². The summed E-state index contributed by atoms with van der Waals surface area (Å²) in [6.07, 6.45) is -4.96. The lowest BCUT2D eigenvalue weighted by molar-refractivity contribution is -0.140. The molecule has 1 atom stereocenters. The number of hydrogen-bond acceptors (Lipinski definition) is 4. The highest BCUT2D eigenvalue weighted by molar-refractivity contribution is 7.92. The Labute approximate surface area is 275 Å². The van der Waals surface area contributed by atoms with Gasteiger partial charge in [0.2, 0.25) is 11.8 Å². The van der Waals surface area contributed by atoms with Gasteiger partial charge < -0.3 is 10.2 Å². The topological polar surface area (TPSA) is 86.8 Å². The summed E-state index contributed by atoms with van der Waals surface area (Å²) in [6.45, 7) is 1.97. The standard InChI is InChI=1S/C34H32ClF4N3O4S/c1-23(2)40-33(44)31(19-24-11-5-3-6-12-24)41(21-25-13-9-10-16-30(25)36)32(43)22-42(47(45,46)27-14-7-4-8-15-27)26-17-18-29(35)28(20-26)34(37,38)39/h3-18,20,23,31H,19,21-22H2,1-2H3,(H,40,44)/t31-/m0/s1. The minimum absolute atomic E-state index is 0.0236. The van der Waals surface area contributed by atoms with E-state index in [1.165, 1.54) is 42.5 Å². The van der Waals surface area contributed by atoms with Gasteiger partial charge in [-0.2, -0.15) is 13.2 Å².